The van der Waals surface area contributed by atoms with Gasteiger partial charge in [0.1, 0.15) is 5.82 Å². The number of nitrogens with zero attached hydrogens (tertiary/aromatic N) is 6. The molecule has 7 rings (SSSR count). The van der Waals surface area contributed by atoms with Gasteiger partial charge in [-0.15, -0.1) is 5.10 Å². The zero-order chi connectivity index (χ0) is 26.2. The van der Waals surface area contributed by atoms with E-state index < -0.39 is 6.17 Å². The van der Waals surface area contributed by atoms with Gasteiger partial charge in [-0.05, 0) is 30.5 Å². The van der Waals surface area contributed by atoms with E-state index in [1.165, 1.54) is 0 Å². The van der Waals surface area contributed by atoms with Gasteiger partial charge in [-0.3, -0.25) is 14.8 Å². The van der Waals surface area contributed by atoms with Crippen molar-refractivity contribution in [2.45, 2.75) is 31.3 Å². The van der Waals surface area contributed by atoms with E-state index in [1.54, 1.807) is 24.7 Å². The summed E-state index contributed by atoms with van der Waals surface area (Å²) >= 11 is 0. The summed E-state index contributed by atoms with van der Waals surface area (Å²) in [6.07, 6.45) is 6.88. The molecule has 1 saturated carbocycles. The molecule has 9 nitrogen and oxygen atoms in total. The number of aliphatic imine (C=N–C) groups is 1. The minimum absolute atomic E-state index is 0.0944. The summed E-state index contributed by atoms with van der Waals surface area (Å²) < 4.78 is 5.98. The number of carbonyl (C=O) groups excluding carboxylic acids is 1. The Morgan fingerprint density at radius 2 is 1.56 bits per heavy atom. The number of fused-ring (bicyclic) bond motifs is 1. The lowest BCUT2D eigenvalue weighted by atomic mass is 9.96. The second-order valence-electron chi connectivity index (χ2n) is 9.61. The third-order valence-corrected chi connectivity index (χ3v) is 6.86. The number of carbonyl (C=O) groups is 1. The number of aromatic nitrogens is 5. The molecular formula is C30H23N7O2. The molecule has 1 aliphatic heterocycles. The molecule has 1 atom stereocenters. The van der Waals surface area contributed by atoms with Crippen LogP contribution >= 0.6 is 0 Å². The Bertz CT molecular complexity index is 1690. The van der Waals surface area contributed by atoms with Gasteiger partial charge in [0.25, 0.3) is 5.89 Å². The monoisotopic (exact) mass is 513 g/mol. The van der Waals surface area contributed by atoms with E-state index in [4.69, 9.17) is 9.41 Å². The number of hydrogen-bond acceptors (Lipinski definition) is 9. The molecule has 4 heterocycles. The van der Waals surface area contributed by atoms with Crippen molar-refractivity contribution in [2.24, 2.45) is 4.99 Å². The fourth-order valence-corrected chi connectivity index (χ4v) is 4.73. The Morgan fingerprint density at radius 1 is 0.795 bits per heavy atom. The first kappa shape index (κ1) is 23.1. The van der Waals surface area contributed by atoms with Crippen molar-refractivity contribution in [3.05, 3.63) is 108 Å². The van der Waals surface area contributed by atoms with Crippen LogP contribution in [0.4, 0.5) is 6.01 Å². The lowest BCUT2D eigenvalue weighted by Crippen LogP contribution is -2.29. The Hall–Kier alpha value is -5.05. The van der Waals surface area contributed by atoms with Gasteiger partial charge >= 0.3 is 6.01 Å². The molecule has 0 spiro atoms. The standard InChI is InChI=1S/C30H23N7O2/c38-24-15-20-9-4-5-10-22(20)26(18-7-2-1-3-8-18)34-28(24)35-30-37-36-29(39-30)23-11-6-14-31-25(23)21-16-32-27(33-17-21)19-12-13-19/h1-11,14,16-17,19,28H,12-13,15H2,(H,35,37). The molecule has 0 bridgehead atoms. The maximum atomic E-state index is 13.3. The number of pyridine rings is 1. The summed E-state index contributed by atoms with van der Waals surface area (Å²) in [6, 6.07) is 21.4. The van der Waals surface area contributed by atoms with E-state index in [2.05, 4.69) is 30.5 Å². The smallest absolute Gasteiger partial charge is 0.317 e. The highest BCUT2D eigenvalue weighted by Crippen LogP contribution is 2.38. The Morgan fingerprint density at radius 3 is 2.38 bits per heavy atom. The summed E-state index contributed by atoms with van der Waals surface area (Å²) in [4.78, 5) is 31.7. The maximum absolute atomic E-state index is 13.3. The molecule has 1 unspecified atom stereocenters. The van der Waals surface area contributed by atoms with E-state index in [0.29, 0.717) is 17.2 Å². The summed E-state index contributed by atoms with van der Waals surface area (Å²) in [6.45, 7) is 0. The Labute approximate surface area is 224 Å². The molecule has 5 aromatic rings. The van der Waals surface area contributed by atoms with Gasteiger partial charge in [-0.2, -0.15) is 0 Å². The van der Waals surface area contributed by atoms with Crippen molar-refractivity contribution in [2.75, 3.05) is 5.32 Å². The molecule has 1 aliphatic carbocycles. The summed E-state index contributed by atoms with van der Waals surface area (Å²) in [5, 5.41) is 11.5. The van der Waals surface area contributed by atoms with Crippen molar-refractivity contribution in [1.29, 1.82) is 0 Å². The number of nitrogens with one attached hydrogen (secondary N) is 1. The molecule has 39 heavy (non-hydrogen) atoms. The van der Waals surface area contributed by atoms with Gasteiger partial charge in [-0.25, -0.2) is 9.97 Å². The minimum atomic E-state index is -0.891. The second kappa shape index (κ2) is 9.68. The van der Waals surface area contributed by atoms with Crippen molar-refractivity contribution < 1.29 is 9.21 Å². The van der Waals surface area contributed by atoms with E-state index in [-0.39, 0.29) is 24.1 Å². The molecule has 2 aromatic carbocycles. The molecule has 3 aromatic heterocycles. The fraction of sp³-hybridized carbons (Fsp3) is 0.167. The molecule has 0 saturated heterocycles. The Kier molecular flexibility index (Phi) is 5.73. The van der Waals surface area contributed by atoms with Gasteiger partial charge in [-0.1, -0.05) is 59.7 Å². The highest BCUT2D eigenvalue weighted by atomic mass is 16.4. The lowest BCUT2D eigenvalue weighted by molar-refractivity contribution is -0.119. The highest BCUT2D eigenvalue weighted by Gasteiger charge is 2.28. The molecule has 1 fully saturated rings. The van der Waals surface area contributed by atoms with Crippen molar-refractivity contribution in [1.82, 2.24) is 25.1 Å². The van der Waals surface area contributed by atoms with E-state index in [0.717, 1.165) is 46.6 Å². The van der Waals surface area contributed by atoms with Crippen LogP contribution in [-0.2, 0) is 11.2 Å². The van der Waals surface area contributed by atoms with Crippen LogP contribution in [0.1, 0.15) is 41.3 Å². The van der Waals surface area contributed by atoms with Crippen LogP contribution in [0.5, 0.6) is 0 Å². The van der Waals surface area contributed by atoms with E-state index >= 15 is 0 Å². The largest absolute Gasteiger partial charge is 0.403 e. The average Bonchev–Trinajstić information content (AvgIpc) is 3.76. The number of ketones is 1. The Balaban J connectivity index is 1.20. The van der Waals surface area contributed by atoms with Crippen LogP contribution in [0.25, 0.3) is 22.7 Å². The van der Waals surface area contributed by atoms with Gasteiger partial charge in [0.05, 0.1) is 17.0 Å². The first-order valence-corrected chi connectivity index (χ1v) is 12.8. The number of anilines is 1. The quantitative estimate of drug-likeness (QED) is 0.342. The summed E-state index contributed by atoms with van der Waals surface area (Å²) in [5.41, 5.74) is 5.56. The first-order valence-electron chi connectivity index (χ1n) is 12.8. The normalized spacial score (nSPS) is 16.8. The van der Waals surface area contributed by atoms with Gasteiger partial charge in [0.2, 0.25) is 0 Å². The third-order valence-electron chi connectivity index (χ3n) is 6.86. The predicted molar refractivity (Wildman–Crippen MR) is 145 cm³/mol. The van der Waals surface area contributed by atoms with Crippen molar-refractivity contribution in [3.8, 4) is 22.7 Å². The number of hydrogen-bond donors (Lipinski definition) is 1. The molecule has 9 heteroatoms. The fourth-order valence-electron chi connectivity index (χ4n) is 4.73. The molecular weight excluding hydrogens is 490 g/mol. The van der Waals surface area contributed by atoms with Crippen LogP contribution in [0.3, 0.4) is 0 Å². The first-order chi connectivity index (χ1) is 19.2. The van der Waals surface area contributed by atoms with E-state index in [1.807, 2.05) is 60.7 Å². The topological polar surface area (TPSA) is 119 Å². The maximum Gasteiger partial charge on any atom is 0.317 e. The summed E-state index contributed by atoms with van der Waals surface area (Å²) in [5.74, 6) is 1.51. The van der Waals surface area contributed by atoms with Crippen LogP contribution in [0.15, 0.2) is 94.7 Å². The van der Waals surface area contributed by atoms with Crippen LogP contribution in [0.2, 0.25) is 0 Å². The van der Waals surface area contributed by atoms with Crippen molar-refractivity contribution >= 4 is 17.5 Å². The highest BCUT2D eigenvalue weighted by molar-refractivity contribution is 6.16. The SMILES string of the molecule is O=C1Cc2ccccc2C(c2ccccc2)=NC1Nc1nnc(-c2cccnc2-c2cnc(C3CC3)nc2)o1. The van der Waals surface area contributed by atoms with Crippen molar-refractivity contribution in [3.63, 3.8) is 0 Å². The van der Waals surface area contributed by atoms with E-state index in [9.17, 15) is 4.79 Å². The molecule has 0 radical (unpaired) electrons. The van der Waals surface area contributed by atoms with Crippen LogP contribution in [0, 0.1) is 0 Å². The zero-order valence-corrected chi connectivity index (χ0v) is 20.9. The van der Waals surface area contributed by atoms with Gasteiger partial charge in [0.15, 0.2) is 11.9 Å². The molecule has 190 valence electrons. The third kappa shape index (κ3) is 4.59. The van der Waals surface area contributed by atoms with Gasteiger partial charge < -0.3 is 9.73 Å². The second-order valence-corrected chi connectivity index (χ2v) is 9.61. The van der Waals surface area contributed by atoms with Crippen LogP contribution < -0.4 is 5.32 Å². The minimum Gasteiger partial charge on any atom is -0.403 e. The lowest BCUT2D eigenvalue weighted by Gasteiger charge is -2.11. The predicted octanol–water partition coefficient (Wildman–Crippen LogP) is 4.87. The average molecular weight is 514 g/mol. The van der Waals surface area contributed by atoms with Crippen LogP contribution in [-0.4, -0.2) is 42.8 Å². The number of benzene rings is 2. The molecule has 0 amide bonds. The number of Topliss-reactive ketones (excluding diaryl/α,β-unsaturated/α-hetero) is 1. The number of rotatable bonds is 6. The molecule has 2 aliphatic rings. The zero-order valence-electron chi connectivity index (χ0n) is 20.9. The summed E-state index contributed by atoms with van der Waals surface area (Å²) in [7, 11) is 0. The van der Waals surface area contributed by atoms with Gasteiger partial charge in [0, 0.05) is 47.6 Å². The molecule has 1 N–H and O–H groups in total.